The van der Waals surface area contributed by atoms with Gasteiger partial charge in [-0.15, -0.1) is 0 Å². The van der Waals surface area contributed by atoms with Crippen LogP contribution in [0.3, 0.4) is 0 Å². The summed E-state index contributed by atoms with van der Waals surface area (Å²) in [6.07, 6.45) is -0.293. The van der Waals surface area contributed by atoms with Crippen molar-refractivity contribution in [2.75, 3.05) is 13.2 Å². The summed E-state index contributed by atoms with van der Waals surface area (Å²) in [6, 6.07) is 7.68. The first-order valence-corrected chi connectivity index (χ1v) is 5.87. The highest BCUT2D eigenvalue weighted by Gasteiger charge is 2.28. The maximum Gasteiger partial charge on any atom is 0.225 e. The van der Waals surface area contributed by atoms with Crippen LogP contribution in [0.5, 0.6) is 5.75 Å². The Morgan fingerprint density at radius 2 is 2.24 bits per heavy atom. The zero-order chi connectivity index (χ0) is 12.3. The topological polar surface area (TPSA) is 49.8 Å². The van der Waals surface area contributed by atoms with E-state index in [1.807, 2.05) is 31.2 Å². The van der Waals surface area contributed by atoms with Gasteiger partial charge in [0.1, 0.15) is 5.75 Å². The largest absolute Gasteiger partial charge is 0.494 e. The first-order chi connectivity index (χ1) is 8.20. The molecule has 1 atom stereocenters. The van der Waals surface area contributed by atoms with E-state index in [9.17, 15) is 9.90 Å². The molecule has 1 aromatic rings. The van der Waals surface area contributed by atoms with Crippen molar-refractivity contribution in [2.24, 2.45) is 0 Å². The Bertz CT molecular complexity index is 405. The second-order valence-electron chi connectivity index (χ2n) is 4.17. The van der Waals surface area contributed by atoms with Gasteiger partial charge in [-0.1, -0.05) is 18.2 Å². The predicted molar refractivity (Wildman–Crippen MR) is 63.7 cm³/mol. The zero-order valence-corrected chi connectivity index (χ0v) is 9.93. The van der Waals surface area contributed by atoms with E-state index < -0.39 is 6.10 Å². The number of amides is 1. The fraction of sp³-hybridized carbons (Fsp3) is 0.462. The second-order valence-corrected chi connectivity index (χ2v) is 4.17. The minimum atomic E-state index is -0.526. The molecule has 2 rings (SSSR count). The lowest BCUT2D eigenvalue weighted by atomic mass is 10.2. The van der Waals surface area contributed by atoms with Crippen molar-refractivity contribution in [3.63, 3.8) is 0 Å². The van der Waals surface area contributed by atoms with E-state index in [-0.39, 0.29) is 12.3 Å². The van der Waals surface area contributed by atoms with E-state index in [1.165, 1.54) is 0 Å². The molecule has 1 aromatic carbocycles. The van der Waals surface area contributed by atoms with Gasteiger partial charge in [0.15, 0.2) is 0 Å². The molecule has 0 bridgehead atoms. The van der Waals surface area contributed by atoms with E-state index in [0.717, 1.165) is 11.3 Å². The molecule has 1 fully saturated rings. The fourth-order valence-electron chi connectivity index (χ4n) is 2.04. The van der Waals surface area contributed by atoms with Gasteiger partial charge >= 0.3 is 0 Å². The molecule has 17 heavy (non-hydrogen) atoms. The summed E-state index contributed by atoms with van der Waals surface area (Å²) in [5, 5.41) is 9.43. The summed E-state index contributed by atoms with van der Waals surface area (Å²) >= 11 is 0. The number of likely N-dealkylation sites (tertiary alicyclic amines) is 1. The second kappa shape index (κ2) is 5.19. The summed E-state index contributed by atoms with van der Waals surface area (Å²) in [7, 11) is 0. The predicted octanol–water partition coefficient (Wildman–Crippen LogP) is 1.18. The van der Waals surface area contributed by atoms with Gasteiger partial charge in [0.05, 0.1) is 19.1 Å². The number of hydrogen-bond acceptors (Lipinski definition) is 3. The first kappa shape index (κ1) is 11.9. The van der Waals surface area contributed by atoms with Crippen molar-refractivity contribution in [3.05, 3.63) is 29.8 Å². The van der Waals surface area contributed by atoms with Gasteiger partial charge in [0.25, 0.3) is 0 Å². The van der Waals surface area contributed by atoms with Gasteiger partial charge in [-0.05, 0) is 13.0 Å². The molecule has 1 amide bonds. The van der Waals surface area contributed by atoms with Gasteiger partial charge in [-0.2, -0.15) is 0 Å². The highest BCUT2D eigenvalue weighted by atomic mass is 16.5. The number of β-amino-alcohol motifs (C(OH)–C–C–N with tert-alkyl or cyclic N) is 1. The number of aliphatic hydroxyl groups is 1. The molecule has 1 heterocycles. The molecule has 4 heteroatoms. The molecule has 1 saturated heterocycles. The van der Waals surface area contributed by atoms with Crippen LogP contribution in [0.25, 0.3) is 0 Å². The summed E-state index contributed by atoms with van der Waals surface area (Å²) in [4.78, 5) is 13.3. The van der Waals surface area contributed by atoms with Crippen molar-refractivity contribution < 1.29 is 14.6 Å². The van der Waals surface area contributed by atoms with Crippen LogP contribution in [0, 0.1) is 0 Å². The number of rotatable bonds is 4. The fourth-order valence-corrected chi connectivity index (χ4v) is 2.04. The lowest BCUT2D eigenvalue weighted by molar-refractivity contribution is -0.128. The number of hydrogen-bond donors (Lipinski definition) is 1. The smallest absolute Gasteiger partial charge is 0.225 e. The standard InChI is InChI=1S/C13H17NO3/c1-2-17-12-6-4-3-5-10(12)8-14-9-11(15)7-13(14)16/h3-6,11,15H,2,7-9H2,1H3. The van der Waals surface area contributed by atoms with Crippen LogP contribution in [0.1, 0.15) is 18.9 Å². The molecule has 0 radical (unpaired) electrons. The van der Waals surface area contributed by atoms with Crippen LogP contribution in [-0.2, 0) is 11.3 Å². The summed E-state index contributed by atoms with van der Waals surface area (Å²) in [5.74, 6) is 0.813. The van der Waals surface area contributed by atoms with Crippen LogP contribution in [0.4, 0.5) is 0 Å². The van der Waals surface area contributed by atoms with Crippen molar-refractivity contribution in [3.8, 4) is 5.75 Å². The minimum absolute atomic E-state index is 0.00352. The van der Waals surface area contributed by atoms with Crippen LogP contribution >= 0.6 is 0 Å². The molecule has 1 unspecified atom stereocenters. The molecule has 1 aliphatic heterocycles. The van der Waals surface area contributed by atoms with Crippen molar-refractivity contribution in [1.82, 2.24) is 4.90 Å². The molecule has 0 aromatic heterocycles. The molecule has 0 saturated carbocycles. The third-order valence-corrected chi connectivity index (χ3v) is 2.83. The molecular formula is C13H17NO3. The van der Waals surface area contributed by atoms with Gasteiger partial charge in [-0.25, -0.2) is 0 Å². The zero-order valence-electron chi connectivity index (χ0n) is 9.93. The molecule has 1 aliphatic rings. The van der Waals surface area contributed by atoms with Crippen molar-refractivity contribution >= 4 is 5.91 Å². The SMILES string of the molecule is CCOc1ccccc1CN1CC(O)CC1=O. The number of nitrogens with zero attached hydrogens (tertiary/aromatic N) is 1. The Kier molecular flexibility index (Phi) is 3.64. The van der Waals surface area contributed by atoms with Crippen LogP contribution < -0.4 is 4.74 Å². The van der Waals surface area contributed by atoms with E-state index >= 15 is 0 Å². The number of para-hydroxylation sites is 1. The van der Waals surface area contributed by atoms with Gasteiger partial charge in [-0.3, -0.25) is 4.79 Å². The third kappa shape index (κ3) is 2.77. The van der Waals surface area contributed by atoms with Gasteiger partial charge < -0.3 is 14.7 Å². The van der Waals surface area contributed by atoms with E-state index in [1.54, 1.807) is 4.90 Å². The molecule has 0 spiro atoms. The maximum absolute atomic E-state index is 11.6. The first-order valence-electron chi connectivity index (χ1n) is 5.87. The molecular weight excluding hydrogens is 218 g/mol. The number of carbonyl (C=O) groups excluding carboxylic acids is 1. The van der Waals surface area contributed by atoms with Crippen LogP contribution in [0.15, 0.2) is 24.3 Å². The van der Waals surface area contributed by atoms with E-state index in [4.69, 9.17) is 4.74 Å². The van der Waals surface area contributed by atoms with Crippen molar-refractivity contribution in [1.29, 1.82) is 0 Å². The summed E-state index contributed by atoms with van der Waals surface area (Å²) in [6.45, 7) is 3.46. The molecule has 92 valence electrons. The summed E-state index contributed by atoms with van der Waals surface area (Å²) in [5.41, 5.74) is 0.983. The van der Waals surface area contributed by atoms with E-state index in [0.29, 0.717) is 19.7 Å². The Hall–Kier alpha value is -1.55. The molecule has 4 nitrogen and oxygen atoms in total. The molecule has 0 aliphatic carbocycles. The lowest BCUT2D eigenvalue weighted by Crippen LogP contribution is -2.25. The average molecular weight is 235 g/mol. The maximum atomic E-state index is 11.6. The minimum Gasteiger partial charge on any atom is -0.494 e. The van der Waals surface area contributed by atoms with Gasteiger partial charge in [0, 0.05) is 18.7 Å². The Labute approximate surface area is 101 Å². The normalized spacial score (nSPS) is 19.8. The highest BCUT2D eigenvalue weighted by molar-refractivity contribution is 5.79. The summed E-state index contributed by atoms with van der Waals surface area (Å²) < 4.78 is 5.51. The van der Waals surface area contributed by atoms with Gasteiger partial charge in [0.2, 0.25) is 5.91 Å². The van der Waals surface area contributed by atoms with Crippen molar-refractivity contribution in [2.45, 2.75) is 26.0 Å². The van der Waals surface area contributed by atoms with E-state index in [2.05, 4.69) is 0 Å². The Morgan fingerprint density at radius 1 is 1.47 bits per heavy atom. The molecule has 1 N–H and O–H groups in total. The quantitative estimate of drug-likeness (QED) is 0.852. The van der Waals surface area contributed by atoms with Crippen LogP contribution in [-0.4, -0.2) is 35.2 Å². The lowest BCUT2D eigenvalue weighted by Gasteiger charge is -2.18. The Morgan fingerprint density at radius 3 is 2.88 bits per heavy atom. The number of aliphatic hydroxyl groups excluding tert-OH is 1. The Balaban J connectivity index is 2.10. The monoisotopic (exact) mass is 235 g/mol. The highest BCUT2D eigenvalue weighted by Crippen LogP contribution is 2.22. The average Bonchev–Trinajstić information content (AvgIpc) is 2.61. The van der Waals surface area contributed by atoms with Crippen LogP contribution in [0.2, 0.25) is 0 Å². The number of carbonyl (C=O) groups is 1. The number of ether oxygens (including phenoxy) is 1. The third-order valence-electron chi connectivity index (χ3n) is 2.83. The number of benzene rings is 1.